The zero-order valence-electron chi connectivity index (χ0n) is 15.9. The van der Waals surface area contributed by atoms with E-state index in [0.29, 0.717) is 13.2 Å². The fourth-order valence-corrected chi connectivity index (χ4v) is 3.18. The van der Waals surface area contributed by atoms with Gasteiger partial charge in [-0.3, -0.25) is 0 Å². The fraction of sp³-hybridized carbons (Fsp3) is 1.00. The molecule has 0 saturated carbocycles. The van der Waals surface area contributed by atoms with Crippen molar-refractivity contribution >= 4 is 0 Å². The van der Waals surface area contributed by atoms with Gasteiger partial charge in [-0.15, -0.1) is 0 Å². The van der Waals surface area contributed by atoms with Crippen LogP contribution in [0, 0.1) is 0 Å². The molecule has 0 aliphatic carbocycles. The summed E-state index contributed by atoms with van der Waals surface area (Å²) >= 11 is 0. The van der Waals surface area contributed by atoms with Crippen molar-refractivity contribution in [3.63, 3.8) is 0 Å². The molecule has 0 heterocycles. The van der Waals surface area contributed by atoms with E-state index in [-0.39, 0.29) is 11.6 Å². The van der Waals surface area contributed by atoms with E-state index in [2.05, 4.69) is 26.1 Å². The lowest BCUT2D eigenvalue weighted by Crippen LogP contribution is -2.51. The van der Waals surface area contributed by atoms with Crippen LogP contribution in [0.3, 0.4) is 0 Å². The Labute approximate surface area is 139 Å². The van der Waals surface area contributed by atoms with Crippen molar-refractivity contribution in [2.24, 2.45) is 0 Å². The second-order valence-electron chi connectivity index (χ2n) is 6.93. The van der Waals surface area contributed by atoms with Crippen LogP contribution in [0.25, 0.3) is 0 Å². The third-order valence-corrected chi connectivity index (χ3v) is 4.45. The molecule has 0 radical (unpaired) electrons. The van der Waals surface area contributed by atoms with Crippen molar-refractivity contribution in [3.05, 3.63) is 0 Å². The molecular weight excluding hydrogens is 274 g/mol. The number of nitrogens with one attached hydrogen (secondary N) is 1. The highest BCUT2D eigenvalue weighted by molar-refractivity contribution is 4.87. The topological polar surface area (TPSA) is 30.5 Å². The summed E-state index contributed by atoms with van der Waals surface area (Å²) in [7, 11) is 3.54. The molecule has 3 heteroatoms. The van der Waals surface area contributed by atoms with Crippen molar-refractivity contribution in [1.29, 1.82) is 0 Å². The van der Waals surface area contributed by atoms with Gasteiger partial charge in [-0.05, 0) is 19.8 Å². The lowest BCUT2D eigenvalue weighted by molar-refractivity contribution is 0.0821. The fourth-order valence-electron chi connectivity index (χ4n) is 3.18. The average Bonchev–Trinajstić information content (AvgIpc) is 2.49. The predicted octanol–water partition coefficient (Wildman–Crippen LogP) is 4.94. The van der Waals surface area contributed by atoms with E-state index in [0.717, 1.165) is 0 Å². The van der Waals surface area contributed by atoms with Crippen LogP contribution in [0.1, 0.15) is 85.0 Å². The minimum absolute atomic E-state index is 0.212. The van der Waals surface area contributed by atoms with Gasteiger partial charge in [0.25, 0.3) is 0 Å². The Morgan fingerprint density at radius 2 is 1.23 bits per heavy atom. The molecule has 0 rings (SSSR count). The molecular formula is C19H41NO2. The van der Waals surface area contributed by atoms with Crippen LogP contribution < -0.4 is 5.32 Å². The Kier molecular flexibility index (Phi) is 14.4. The standard InChI is InChI=1S/C19H41NO2/c1-6-8-10-12-14-19(3,15-13-11-9-7-2)20-18(16-21-4)17-22-5/h18,20H,6-17H2,1-5H3. The molecule has 0 aromatic carbocycles. The Morgan fingerprint density at radius 1 is 0.773 bits per heavy atom. The van der Waals surface area contributed by atoms with E-state index >= 15 is 0 Å². The monoisotopic (exact) mass is 315 g/mol. The Hall–Kier alpha value is -0.120. The molecule has 0 atom stereocenters. The highest BCUT2D eigenvalue weighted by Crippen LogP contribution is 2.23. The highest BCUT2D eigenvalue weighted by Gasteiger charge is 2.26. The number of methoxy groups -OCH3 is 2. The third-order valence-electron chi connectivity index (χ3n) is 4.45. The normalized spacial score (nSPS) is 12.3. The first-order chi connectivity index (χ1) is 10.6. The van der Waals surface area contributed by atoms with Crippen molar-refractivity contribution < 1.29 is 9.47 Å². The van der Waals surface area contributed by atoms with Gasteiger partial charge in [0, 0.05) is 19.8 Å². The second-order valence-corrected chi connectivity index (χ2v) is 6.93. The van der Waals surface area contributed by atoms with E-state index in [1.807, 2.05) is 0 Å². The quantitative estimate of drug-likeness (QED) is 0.409. The summed E-state index contributed by atoms with van der Waals surface area (Å²) in [6, 6.07) is 0.289. The molecule has 0 aromatic rings. The maximum atomic E-state index is 5.35. The Morgan fingerprint density at radius 3 is 1.59 bits per heavy atom. The second kappa shape index (κ2) is 14.5. The largest absolute Gasteiger partial charge is 0.383 e. The Bertz CT molecular complexity index is 215. The maximum absolute atomic E-state index is 5.35. The van der Waals surface area contributed by atoms with Crippen molar-refractivity contribution in [2.45, 2.75) is 96.6 Å². The minimum atomic E-state index is 0.212. The molecule has 3 nitrogen and oxygen atoms in total. The molecule has 0 spiro atoms. The third kappa shape index (κ3) is 11.4. The summed E-state index contributed by atoms with van der Waals surface area (Å²) in [5.74, 6) is 0. The van der Waals surface area contributed by atoms with Gasteiger partial charge in [-0.2, -0.15) is 0 Å². The van der Waals surface area contributed by atoms with Crippen molar-refractivity contribution in [3.8, 4) is 0 Å². The average molecular weight is 316 g/mol. The van der Waals surface area contributed by atoms with Crippen molar-refractivity contribution in [1.82, 2.24) is 5.32 Å². The molecule has 0 bridgehead atoms. The van der Waals surface area contributed by atoms with Gasteiger partial charge in [0.15, 0.2) is 0 Å². The van der Waals surface area contributed by atoms with Crippen LogP contribution in [0.4, 0.5) is 0 Å². The summed E-state index contributed by atoms with van der Waals surface area (Å²) in [6.07, 6.45) is 13.1. The minimum Gasteiger partial charge on any atom is -0.383 e. The molecule has 22 heavy (non-hydrogen) atoms. The Balaban J connectivity index is 4.44. The van der Waals surface area contributed by atoms with Crippen LogP contribution in [0.15, 0.2) is 0 Å². The smallest absolute Gasteiger partial charge is 0.0638 e. The molecule has 134 valence electrons. The number of rotatable bonds is 16. The van der Waals surface area contributed by atoms with Gasteiger partial charge in [0.1, 0.15) is 0 Å². The van der Waals surface area contributed by atoms with Gasteiger partial charge < -0.3 is 14.8 Å². The van der Waals surface area contributed by atoms with Crippen LogP contribution in [-0.2, 0) is 9.47 Å². The van der Waals surface area contributed by atoms with E-state index in [9.17, 15) is 0 Å². The van der Waals surface area contributed by atoms with E-state index in [1.165, 1.54) is 64.2 Å². The molecule has 1 N–H and O–H groups in total. The first-order valence-electron chi connectivity index (χ1n) is 9.37. The molecule has 0 saturated heterocycles. The number of ether oxygens (including phenoxy) is 2. The lowest BCUT2D eigenvalue weighted by Gasteiger charge is -2.35. The van der Waals surface area contributed by atoms with Crippen LogP contribution >= 0.6 is 0 Å². The number of hydrogen-bond acceptors (Lipinski definition) is 3. The molecule has 0 amide bonds. The molecule has 0 aliphatic rings. The van der Waals surface area contributed by atoms with Gasteiger partial charge in [0.05, 0.1) is 19.3 Å². The van der Waals surface area contributed by atoms with Crippen LogP contribution in [0.2, 0.25) is 0 Å². The van der Waals surface area contributed by atoms with Gasteiger partial charge in [0.2, 0.25) is 0 Å². The molecule has 0 unspecified atom stereocenters. The lowest BCUT2D eigenvalue weighted by atomic mass is 9.87. The van der Waals surface area contributed by atoms with E-state index in [4.69, 9.17) is 9.47 Å². The summed E-state index contributed by atoms with van der Waals surface area (Å²) in [4.78, 5) is 0. The first kappa shape index (κ1) is 21.9. The zero-order chi connectivity index (χ0) is 16.7. The molecule has 0 aromatic heterocycles. The summed E-state index contributed by atoms with van der Waals surface area (Å²) in [5, 5.41) is 3.84. The van der Waals surface area contributed by atoms with Gasteiger partial charge in [-0.1, -0.05) is 65.2 Å². The van der Waals surface area contributed by atoms with Crippen LogP contribution in [-0.4, -0.2) is 39.0 Å². The van der Waals surface area contributed by atoms with E-state index < -0.39 is 0 Å². The maximum Gasteiger partial charge on any atom is 0.0638 e. The number of unbranched alkanes of at least 4 members (excludes halogenated alkanes) is 6. The van der Waals surface area contributed by atoms with Crippen LogP contribution in [0.5, 0.6) is 0 Å². The SMILES string of the molecule is CCCCCCC(C)(CCCCCC)NC(COC)COC. The van der Waals surface area contributed by atoms with Gasteiger partial charge >= 0.3 is 0 Å². The summed E-state index contributed by atoms with van der Waals surface area (Å²) < 4.78 is 10.7. The van der Waals surface area contributed by atoms with Gasteiger partial charge in [-0.25, -0.2) is 0 Å². The number of hydrogen-bond donors (Lipinski definition) is 1. The molecule has 0 aliphatic heterocycles. The van der Waals surface area contributed by atoms with Crippen molar-refractivity contribution in [2.75, 3.05) is 27.4 Å². The summed E-state index contributed by atoms with van der Waals surface area (Å²) in [5.41, 5.74) is 0.212. The zero-order valence-corrected chi connectivity index (χ0v) is 15.9. The first-order valence-corrected chi connectivity index (χ1v) is 9.37. The predicted molar refractivity (Wildman–Crippen MR) is 96.6 cm³/mol. The van der Waals surface area contributed by atoms with E-state index in [1.54, 1.807) is 14.2 Å². The summed E-state index contributed by atoms with van der Waals surface area (Å²) in [6.45, 7) is 8.37. The highest BCUT2D eigenvalue weighted by atomic mass is 16.5. The molecule has 0 fully saturated rings.